The third kappa shape index (κ3) is 3.31. The van der Waals surface area contributed by atoms with Gasteiger partial charge in [0.25, 0.3) is 0 Å². The Hall–Kier alpha value is -0.550. The van der Waals surface area contributed by atoms with Crippen LogP contribution in [0.4, 0.5) is 0 Å². The summed E-state index contributed by atoms with van der Waals surface area (Å²) >= 11 is 3.29. The second-order valence-electron chi connectivity index (χ2n) is 3.03. The van der Waals surface area contributed by atoms with Gasteiger partial charge in [0.15, 0.2) is 9.84 Å². The number of halogens is 1. The molecule has 0 saturated carbocycles. The van der Waals surface area contributed by atoms with Gasteiger partial charge in [-0.3, -0.25) is 0 Å². The van der Waals surface area contributed by atoms with Crippen LogP contribution in [0, 0.1) is 0 Å². The SMILES string of the molecule is COc1cc(Br)ccc1CS(C)(=O)=O. The van der Waals surface area contributed by atoms with Gasteiger partial charge in [0.2, 0.25) is 0 Å². The van der Waals surface area contributed by atoms with E-state index in [2.05, 4.69) is 15.9 Å². The van der Waals surface area contributed by atoms with Gasteiger partial charge >= 0.3 is 0 Å². The first-order valence-electron chi connectivity index (χ1n) is 3.92. The molecule has 0 aromatic heterocycles. The van der Waals surface area contributed by atoms with Gasteiger partial charge in [0, 0.05) is 16.3 Å². The van der Waals surface area contributed by atoms with E-state index in [0.717, 1.165) is 4.47 Å². The van der Waals surface area contributed by atoms with E-state index in [1.165, 1.54) is 13.4 Å². The fraction of sp³-hybridized carbons (Fsp3) is 0.333. The molecule has 14 heavy (non-hydrogen) atoms. The molecule has 1 aromatic rings. The van der Waals surface area contributed by atoms with Gasteiger partial charge in [-0.1, -0.05) is 22.0 Å². The standard InChI is InChI=1S/C9H11BrO3S/c1-13-9-5-8(10)4-3-7(9)6-14(2,11)12/h3-5H,6H2,1-2H3. The number of sulfone groups is 1. The molecule has 0 heterocycles. The van der Waals surface area contributed by atoms with Crippen molar-refractivity contribution in [3.63, 3.8) is 0 Å². The molecular formula is C9H11BrO3S. The van der Waals surface area contributed by atoms with Crippen LogP contribution in [0.1, 0.15) is 5.56 Å². The lowest BCUT2D eigenvalue weighted by atomic mass is 10.2. The Morgan fingerprint density at radius 3 is 2.57 bits per heavy atom. The van der Waals surface area contributed by atoms with Gasteiger partial charge in [0.05, 0.1) is 12.9 Å². The van der Waals surface area contributed by atoms with E-state index in [-0.39, 0.29) is 5.75 Å². The molecule has 0 aliphatic rings. The molecule has 0 aliphatic heterocycles. The van der Waals surface area contributed by atoms with Crippen LogP contribution in [0.5, 0.6) is 5.75 Å². The Morgan fingerprint density at radius 1 is 1.43 bits per heavy atom. The predicted molar refractivity (Wildman–Crippen MR) is 59.2 cm³/mol. The molecule has 0 radical (unpaired) electrons. The number of hydrogen-bond donors (Lipinski definition) is 0. The molecule has 1 rings (SSSR count). The van der Waals surface area contributed by atoms with Crippen LogP contribution in [0.2, 0.25) is 0 Å². The first-order valence-corrected chi connectivity index (χ1v) is 6.78. The summed E-state index contributed by atoms with van der Waals surface area (Å²) in [5, 5.41) is 0. The van der Waals surface area contributed by atoms with Gasteiger partial charge in [0.1, 0.15) is 5.75 Å². The summed E-state index contributed by atoms with van der Waals surface area (Å²) in [5.41, 5.74) is 0.679. The highest BCUT2D eigenvalue weighted by molar-refractivity contribution is 9.10. The fourth-order valence-corrected chi connectivity index (χ4v) is 2.26. The van der Waals surface area contributed by atoms with Gasteiger partial charge in [-0.25, -0.2) is 8.42 Å². The lowest BCUT2D eigenvalue weighted by Crippen LogP contribution is -2.02. The predicted octanol–water partition coefficient (Wildman–Crippen LogP) is 2.00. The van der Waals surface area contributed by atoms with Gasteiger partial charge in [-0.2, -0.15) is 0 Å². The average molecular weight is 279 g/mol. The minimum Gasteiger partial charge on any atom is -0.496 e. The number of methoxy groups -OCH3 is 1. The van der Waals surface area contributed by atoms with Crippen molar-refractivity contribution in [2.24, 2.45) is 0 Å². The van der Waals surface area contributed by atoms with E-state index in [9.17, 15) is 8.42 Å². The summed E-state index contributed by atoms with van der Waals surface area (Å²) in [5.74, 6) is 0.591. The molecule has 0 aliphatic carbocycles. The van der Waals surface area contributed by atoms with E-state index in [1.807, 2.05) is 0 Å². The Morgan fingerprint density at radius 2 is 2.07 bits per heavy atom. The minimum atomic E-state index is -3.02. The van der Waals surface area contributed by atoms with Crippen molar-refractivity contribution in [2.75, 3.05) is 13.4 Å². The van der Waals surface area contributed by atoms with Crippen molar-refractivity contribution in [3.8, 4) is 5.75 Å². The normalized spacial score (nSPS) is 11.4. The second kappa shape index (κ2) is 4.31. The summed E-state index contributed by atoms with van der Waals surface area (Å²) in [6.07, 6.45) is 1.20. The Kier molecular flexibility index (Phi) is 3.55. The number of ether oxygens (including phenoxy) is 1. The maximum Gasteiger partial charge on any atom is 0.151 e. The molecule has 5 heteroatoms. The molecule has 0 bridgehead atoms. The van der Waals surface area contributed by atoms with E-state index in [1.54, 1.807) is 18.2 Å². The number of benzene rings is 1. The second-order valence-corrected chi connectivity index (χ2v) is 6.08. The monoisotopic (exact) mass is 278 g/mol. The van der Waals surface area contributed by atoms with Gasteiger partial charge in [-0.05, 0) is 12.1 Å². The maximum atomic E-state index is 11.1. The van der Waals surface area contributed by atoms with Crippen molar-refractivity contribution < 1.29 is 13.2 Å². The van der Waals surface area contributed by atoms with Crippen molar-refractivity contribution in [2.45, 2.75) is 5.75 Å². The Balaban J connectivity index is 3.09. The van der Waals surface area contributed by atoms with Gasteiger partial charge in [-0.15, -0.1) is 0 Å². The summed E-state index contributed by atoms with van der Waals surface area (Å²) < 4.78 is 28.1. The van der Waals surface area contributed by atoms with E-state index in [0.29, 0.717) is 11.3 Å². The summed E-state index contributed by atoms with van der Waals surface area (Å²) in [4.78, 5) is 0. The summed E-state index contributed by atoms with van der Waals surface area (Å²) in [6, 6.07) is 5.29. The molecular weight excluding hydrogens is 268 g/mol. The quantitative estimate of drug-likeness (QED) is 0.850. The number of hydrogen-bond acceptors (Lipinski definition) is 3. The molecule has 0 amide bonds. The van der Waals surface area contributed by atoms with E-state index in [4.69, 9.17) is 4.74 Å². The van der Waals surface area contributed by atoms with Crippen LogP contribution in [0.25, 0.3) is 0 Å². The van der Waals surface area contributed by atoms with Gasteiger partial charge < -0.3 is 4.74 Å². The van der Waals surface area contributed by atoms with Crippen molar-refractivity contribution >= 4 is 25.8 Å². The van der Waals surface area contributed by atoms with Crippen LogP contribution in [0.15, 0.2) is 22.7 Å². The van der Waals surface area contributed by atoms with E-state index < -0.39 is 9.84 Å². The topological polar surface area (TPSA) is 43.4 Å². The zero-order valence-corrected chi connectivity index (χ0v) is 10.4. The Bertz CT molecular complexity index is 426. The van der Waals surface area contributed by atoms with Crippen molar-refractivity contribution in [3.05, 3.63) is 28.2 Å². The third-order valence-corrected chi connectivity index (χ3v) is 3.00. The van der Waals surface area contributed by atoms with Crippen LogP contribution in [-0.2, 0) is 15.6 Å². The molecule has 0 atom stereocenters. The maximum absolute atomic E-state index is 11.1. The highest BCUT2D eigenvalue weighted by Gasteiger charge is 2.09. The molecule has 78 valence electrons. The Labute approximate surface area is 92.1 Å². The highest BCUT2D eigenvalue weighted by atomic mass is 79.9. The zero-order valence-electron chi connectivity index (χ0n) is 7.95. The fourth-order valence-electron chi connectivity index (χ4n) is 1.12. The average Bonchev–Trinajstić information content (AvgIpc) is 2.06. The summed E-state index contributed by atoms with van der Waals surface area (Å²) in [6.45, 7) is 0. The molecule has 1 aromatic carbocycles. The first kappa shape index (κ1) is 11.5. The molecule has 0 fully saturated rings. The van der Waals surface area contributed by atoms with Crippen molar-refractivity contribution in [1.29, 1.82) is 0 Å². The molecule has 0 unspecified atom stereocenters. The smallest absolute Gasteiger partial charge is 0.151 e. The molecule has 0 saturated heterocycles. The summed E-state index contributed by atoms with van der Waals surface area (Å²) in [7, 11) is -1.50. The lowest BCUT2D eigenvalue weighted by Gasteiger charge is -2.07. The minimum absolute atomic E-state index is 0.00343. The van der Waals surface area contributed by atoms with Crippen LogP contribution < -0.4 is 4.74 Å². The van der Waals surface area contributed by atoms with Crippen LogP contribution >= 0.6 is 15.9 Å². The van der Waals surface area contributed by atoms with Crippen LogP contribution in [-0.4, -0.2) is 21.8 Å². The lowest BCUT2D eigenvalue weighted by molar-refractivity contribution is 0.410. The van der Waals surface area contributed by atoms with E-state index >= 15 is 0 Å². The zero-order chi connectivity index (χ0) is 10.8. The molecule has 3 nitrogen and oxygen atoms in total. The van der Waals surface area contributed by atoms with Crippen LogP contribution in [0.3, 0.4) is 0 Å². The number of rotatable bonds is 3. The van der Waals surface area contributed by atoms with Crippen molar-refractivity contribution in [1.82, 2.24) is 0 Å². The largest absolute Gasteiger partial charge is 0.496 e. The third-order valence-electron chi connectivity index (χ3n) is 1.67. The molecule has 0 N–H and O–H groups in total. The first-order chi connectivity index (χ1) is 6.42. The highest BCUT2D eigenvalue weighted by Crippen LogP contribution is 2.24. The molecule has 0 spiro atoms.